The van der Waals surface area contributed by atoms with Crippen molar-refractivity contribution in [3.05, 3.63) is 41.1 Å². The molecule has 0 unspecified atom stereocenters. The number of rotatable bonds is 3. The number of aryl methyl sites for hydroxylation is 1. The van der Waals surface area contributed by atoms with E-state index in [2.05, 4.69) is 5.32 Å². The zero-order valence-electron chi connectivity index (χ0n) is 9.15. The minimum absolute atomic E-state index is 0.127. The Morgan fingerprint density at radius 1 is 1.38 bits per heavy atom. The first-order chi connectivity index (χ1) is 7.49. The van der Waals surface area contributed by atoms with E-state index in [4.69, 9.17) is 5.11 Å². The van der Waals surface area contributed by atoms with Crippen molar-refractivity contribution in [2.24, 2.45) is 0 Å². The van der Waals surface area contributed by atoms with Crippen LogP contribution in [0.15, 0.2) is 30.0 Å². The van der Waals surface area contributed by atoms with Gasteiger partial charge in [-0.2, -0.15) is 0 Å². The summed E-state index contributed by atoms with van der Waals surface area (Å²) in [6.07, 6.45) is 1.43. The van der Waals surface area contributed by atoms with Crippen molar-refractivity contribution in [2.75, 3.05) is 0 Å². The average molecular weight is 219 g/mol. The van der Waals surface area contributed by atoms with Gasteiger partial charge in [-0.1, -0.05) is 29.8 Å². The summed E-state index contributed by atoms with van der Waals surface area (Å²) in [5.74, 6) is -1.56. The topological polar surface area (TPSA) is 66.4 Å². The maximum atomic E-state index is 10.8. The highest BCUT2D eigenvalue weighted by atomic mass is 16.4. The highest BCUT2D eigenvalue weighted by molar-refractivity contribution is 5.96. The van der Waals surface area contributed by atoms with Crippen LogP contribution in [0.5, 0.6) is 0 Å². The van der Waals surface area contributed by atoms with Gasteiger partial charge in [0.1, 0.15) is 5.70 Å². The predicted molar refractivity (Wildman–Crippen MR) is 60.6 cm³/mol. The molecule has 0 saturated carbocycles. The number of carbonyl (C=O) groups excluding carboxylic acids is 1. The second kappa shape index (κ2) is 5.11. The van der Waals surface area contributed by atoms with Crippen LogP contribution in [-0.4, -0.2) is 17.0 Å². The Kier molecular flexibility index (Phi) is 3.83. The third-order valence-corrected chi connectivity index (χ3v) is 1.89. The van der Waals surface area contributed by atoms with Gasteiger partial charge in [-0.15, -0.1) is 0 Å². The van der Waals surface area contributed by atoms with Crippen molar-refractivity contribution in [1.82, 2.24) is 5.32 Å². The molecule has 0 atom stereocenters. The molecule has 0 spiro atoms. The van der Waals surface area contributed by atoms with E-state index < -0.39 is 11.9 Å². The van der Waals surface area contributed by atoms with Crippen LogP contribution in [-0.2, 0) is 9.59 Å². The van der Waals surface area contributed by atoms with Gasteiger partial charge in [0.05, 0.1) is 0 Å². The van der Waals surface area contributed by atoms with Crippen LogP contribution in [0.1, 0.15) is 18.1 Å². The normalized spacial score (nSPS) is 11.0. The molecule has 1 rings (SSSR count). The Morgan fingerprint density at radius 2 is 2.06 bits per heavy atom. The Bertz CT molecular complexity index is 449. The lowest BCUT2D eigenvalue weighted by Crippen LogP contribution is -2.24. The molecule has 2 N–H and O–H groups in total. The predicted octanol–water partition coefficient (Wildman–Crippen LogP) is 1.56. The lowest BCUT2D eigenvalue weighted by atomic mass is 10.1. The number of nitrogens with one attached hydrogen (secondary N) is 1. The maximum Gasteiger partial charge on any atom is 0.352 e. The fourth-order valence-electron chi connectivity index (χ4n) is 1.27. The molecular weight excluding hydrogens is 206 g/mol. The van der Waals surface area contributed by atoms with Gasteiger partial charge in [0, 0.05) is 6.92 Å². The van der Waals surface area contributed by atoms with E-state index in [0.29, 0.717) is 0 Å². The van der Waals surface area contributed by atoms with Crippen molar-refractivity contribution < 1.29 is 14.7 Å². The molecule has 0 aliphatic heterocycles. The van der Waals surface area contributed by atoms with Gasteiger partial charge in [-0.05, 0) is 18.6 Å². The van der Waals surface area contributed by atoms with Crippen LogP contribution < -0.4 is 5.32 Å². The SMILES string of the molecule is CC(=O)N/C(=C\c1cccc(C)c1)C(=O)O. The summed E-state index contributed by atoms with van der Waals surface area (Å²) < 4.78 is 0. The molecule has 0 heterocycles. The summed E-state index contributed by atoms with van der Waals surface area (Å²) in [4.78, 5) is 21.6. The number of carboxylic acid groups (broad SMARTS) is 1. The largest absolute Gasteiger partial charge is 0.477 e. The molecule has 0 radical (unpaired) electrons. The smallest absolute Gasteiger partial charge is 0.352 e. The van der Waals surface area contributed by atoms with E-state index in [1.807, 2.05) is 25.1 Å². The molecule has 1 amide bonds. The third kappa shape index (κ3) is 3.57. The van der Waals surface area contributed by atoms with Crippen LogP contribution in [0, 0.1) is 6.92 Å². The highest BCUT2D eigenvalue weighted by Crippen LogP contribution is 2.08. The number of hydrogen-bond acceptors (Lipinski definition) is 2. The number of carboxylic acids is 1. The molecule has 1 aromatic rings. The van der Waals surface area contributed by atoms with Crippen LogP contribution in [0.25, 0.3) is 6.08 Å². The van der Waals surface area contributed by atoms with Gasteiger partial charge >= 0.3 is 5.97 Å². The fraction of sp³-hybridized carbons (Fsp3) is 0.167. The van der Waals surface area contributed by atoms with Gasteiger partial charge < -0.3 is 10.4 Å². The van der Waals surface area contributed by atoms with Gasteiger partial charge in [-0.25, -0.2) is 4.79 Å². The van der Waals surface area contributed by atoms with Gasteiger partial charge in [0.2, 0.25) is 5.91 Å². The zero-order chi connectivity index (χ0) is 12.1. The van der Waals surface area contributed by atoms with E-state index >= 15 is 0 Å². The molecule has 0 bridgehead atoms. The summed E-state index contributed by atoms with van der Waals surface area (Å²) in [5, 5.41) is 11.1. The molecule has 0 aliphatic carbocycles. The van der Waals surface area contributed by atoms with Crippen LogP contribution in [0.2, 0.25) is 0 Å². The van der Waals surface area contributed by atoms with Gasteiger partial charge in [-0.3, -0.25) is 4.79 Å². The fourth-order valence-corrected chi connectivity index (χ4v) is 1.27. The summed E-state index contributed by atoms with van der Waals surface area (Å²) in [7, 11) is 0. The van der Waals surface area contributed by atoms with Crippen molar-refractivity contribution in [3.8, 4) is 0 Å². The van der Waals surface area contributed by atoms with E-state index in [9.17, 15) is 9.59 Å². The summed E-state index contributed by atoms with van der Waals surface area (Å²) in [6.45, 7) is 3.18. The molecule has 0 aromatic heterocycles. The number of benzene rings is 1. The highest BCUT2D eigenvalue weighted by Gasteiger charge is 2.08. The second-order valence-corrected chi connectivity index (χ2v) is 3.46. The van der Waals surface area contributed by atoms with Crippen molar-refractivity contribution in [3.63, 3.8) is 0 Å². The van der Waals surface area contributed by atoms with E-state index in [1.54, 1.807) is 6.07 Å². The number of carbonyl (C=O) groups is 2. The number of aliphatic carboxylic acids is 1. The van der Waals surface area contributed by atoms with E-state index in [1.165, 1.54) is 13.0 Å². The van der Waals surface area contributed by atoms with Crippen molar-refractivity contribution >= 4 is 18.0 Å². The summed E-state index contributed by atoms with van der Waals surface area (Å²) in [6, 6.07) is 7.35. The standard InChI is InChI=1S/C12H13NO3/c1-8-4-3-5-10(6-8)7-11(12(15)16)13-9(2)14/h3-7H,1-2H3,(H,13,14)(H,15,16)/b11-7-. The van der Waals surface area contributed by atoms with Crippen molar-refractivity contribution in [1.29, 1.82) is 0 Å². The molecule has 4 heteroatoms. The Hall–Kier alpha value is -2.10. The van der Waals surface area contributed by atoms with Crippen molar-refractivity contribution in [2.45, 2.75) is 13.8 Å². The Labute approximate surface area is 93.6 Å². The maximum absolute atomic E-state index is 10.8. The van der Waals surface area contributed by atoms with Crippen LogP contribution in [0.4, 0.5) is 0 Å². The average Bonchev–Trinajstić information content (AvgIpc) is 2.15. The molecule has 4 nitrogen and oxygen atoms in total. The molecule has 1 aromatic carbocycles. The lowest BCUT2D eigenvalue weighted by Gasteiger charge is -2.03. The first-order valence-electron chi connectivity index (χ1n) is 4.78. The minimum atomic E-state index is -1.16. The molecule has 0 aliphatic rings. The lowest BCUT2D eigenvalue weighted by molar-refractivity contribution is -0.134. The van der Waals surface area contributed by atoms with E-state index in [-0.39, 0.29) is 5.70 Å². The van der Waals surface area contributed by atoms with E-state index in [0.717, 1.165) is 11.1 Å². The molecule has 0 saturated heterocycles. The quantitative estimate of drug-likeness (QED) is 0.758. The summed E-state index contributed by atoms with van der Waals surface area (Å²) in [5.41, 5.74) is 1.64. The molecule has 16 heavy (non-hydrogen) atoms. The zero-order valence-corrected chi connectivity index (χ0v) is 9.15. The Morgan fingerprint density at radius 3 is 2.56 bits per heavy atom. The van der Waals surface area contributed by atoms with Crippen LogP contribution >= 0.6 is 0 Å². The van der Waals surface area contributed by atoms with Crippen LogP contribution in [0.3, 0.4) is 0 Å². The van der Waals surface area contributed by atoms with Gasteiger partial charge in [0.25, 0.3) is 0 Å². The molecule has 0 fully saturated rings. The monoisotopic (exact) mass is 219 g/mol. The number of hydrogen-bond donors (Lipinski definition) is 2. The minimum Gasteiger partial charge on any atom is -0.477 e. The first-order valence-corrected chi connectivity index (χ1v) is 4.78. The molecule has 84 valence electrons. The molecular formula is C12H13NO3. The van der Waals surface area contributed by atoms with Gasteiger partial charge in [0.15, 0.2) is 0 Å². The third-order valence-electron chi connectivity index (χ3n) is 1.89. The first kappa shape index (κ1) is 12.0. The Balaban J connectivity index is 3.02. The number of amides is 1. The summed E-state index contributed by atoms with van der Waals surface area (Å²) >= 11 is 0. The second-order valence-electron chi connectivity index (χ2n) is 3.46.